The van der Waals surface area contributed by atoms with Crippen LogP contribution in [-0.4, -0.2) is 40.2 Å². The van der Waals surface area contributed by atoms with Crippen molar-refractivity contribution in [2.24, 2.45) is 0 Å². The van der Waals surface area contributed by atoms with Crippen LogP contribution in [0.3, 0.4) is 0 Å². The van der Waals surface area contributed by atoms with Crippen LogP contribution in [0, 0.1) is 0 Å². The molecule has 0 unspecified atom stereocenters. The average molecular weight is 262 g/mol. The third kappa shape index (κ3) is 3.92. The molecule has 7 heteroatoms. The van der Waals surface area contributed by atoms with E-state index in [0.29, 0.717) is 12.4 Å². The Morgan fingerprint density at radius 2 is 2.16 bits per heavy atom. The summed E-state index contributed by atoms with van der Waals surface area (Å²) in [5.41, 5.74) is 0. The lowest BCUT2D eigenvalue weighted by molar-refractivity contribution is 0.178. The first-order valence-electron chi connectivity index (χ1n) is 6.06. The number of hydrogen-bond donors (Lipinski definition) is 2. The minimum absolute atomic E-state index is 0.395. The molecule has 0 aromatic carbocycles. The van der Waals surface area contributed by atoms with Crippen LogP contribution >= 0.6 is 0 Å². The van der Waals surface area contributed by atoms with Crippen LogP contribution in [-0.2, 0) is 17.9 Å². The van der Waals surface area contributed by atoms with Gasteiger partial charge in [0.15, 0.2) is 5.82 Å². The largest absolute Gasteiger partial charge is 0.377 e. The summed E-state index contributed by atoms with van der Waals surface area (Å²) in [4.78, 5) is 12.7. The zero-order valence-corrected chi connectivity index (χ0v) is 11.1. The molecule has 19 heavy (non-hydrogen) atoms. The highest BCUT2D eigenvalue weighted by molar-refractivity contribution is 5.47. The molecule has 0 radical (unpaired) electrons. The van der Waals surface area contributed by atoms with Gasteiger partial charge in [-0.25, -0.2) is 15.0 Å². The lowest BCUT2D eigenvalue weighted by Gasteiger charge is -2.09. The maximum absolute atomic E-state index is 5.05. The molecule has 2 rings (SSSR count). The molecule has 0 atom stereocenters. The molecule has 0 fully saturated rings. The van der Waals surface area contributed by atoms with Gasteiger partial charge in [0, 0.05) is 45.7 Å². The van der Waals surface area contributed by atoms with Gasteiger partial charge in [0.25, 0.3) is 0 Å². The lowest BCUT2D eigenvalue weighted by atomic mass is 10.4. The van der Waals surface area contributed by atoms with Crippen LogP contribution in [0.5, 0.6) is 0 Å². The highest BCUT2D eigenvalue weighted by Crippen LogP contribution is 2.11. The number of nitrogens with one attached hydrogen (secondary N) is 2. The van der Waals surface area contributed by atoms with Gasteiger partial charge in [0.1, 0.15) is 18.2 Å². The van der Waals surface area contributed by atoms with E-state index in [9.17, 15) is 0 Å². The quantitative estimate of drug-likeness (QED) is 0.774. The Labute approximate surface area is 112 Å². The molecule has 0 saturated carbocycles. The molecule has 0 saturated heterocycles. The van der Waals surface area contributed by atoms with E-state index in [1.54, 1.807) is 19.6 Å². The zero-order chi connectivity index (χ0) is 13.5. The van der Waals surface area contributed by atoms with E-state index >= 15 is 0 Å². The third-order valence-electron chi connectivity index (χ3n) is 2.54. The Morgan fingerprint density at radius 1 is 1.32 bits per heavy atom. The fourth-order valence-corrected chi connectivity index (χ4v) is 1.64. The van der Waals surface area contributed by atoms with E-state index in [1.165, 1.54) is 0 Å². The van der Waals surface area contributed by atoms with E-state index in [-0.39, 0.29) is 0 Å². The predicted molar refractivity (Wildman–Crippen MR) is 73.0 cm³/mol. The Kier molecular flexibility index (Phi) is 4.68. The summed E-state index contributed by atoms with van der Waals surface area (Å²) in [6.07, 6.45) is 5.48. The fraction of sp³-hybridized carbons (Fsp3) is 0.417. The monoisotopic (exact) mass is 262 g/mol. The van der Waals surface area contributed by atoms with Gasteiger partial charge >= 0.3 is 0 Å². The Hall–Kier alpha value is -2.15. The maximum Gasteiger partial charge on any atom is 0.158 e. The summed E-state index contributed by atoms with van der Waals surface area (Å²) in [6.45, 7) is 1.99. The highest BCUT2D eigenvalue weighted by atomic mass is 16.5. The molecule has 0 aliphatic rings. The van der Waals surface area contributed by atoms with Gasteiger partial charge in [-0.3, -0.25) is 0 Å². The van der Waals surface area contributed by atoms with E-state index < -0.39 is 0 Å². The van der Waals surface area contributed by atoms with E-state index in [0.717, 1.165) is 24.7 Å². The summed E-state index contributed by atoms with van der Waals surface area (Å²) >= 11 is 0. The zero-order valence-electron chi connectivity index (χ0n) is 11.1. The standard InChI is InChI=1S/C12H18N6O/c1-13-10-7-11(17-12(16-10)8-19-2)15-4-6-18-5-3-14-9-18/h3,5,7,9H,4,6,8H2,1-2H3,(H2,13,15,16,17). The molecule has 7 nitrogen and oxygen atoms in total. The van der Waals surface area contributed by atoms with Gasteiger partial charge in [0.2, 0.25) is 0 Å². The topological polar surface area (TPSA) is 76.9 Å². The lowest BCUT2D eigenvalue weighted by Crippen LogP contribution is -2.12. The molecule has 2 heterocycles. The molecule has 0 spiro atoms. The van der Waals surface area contributed by atoms with Gasteiger partial charge < -0.3 is 19.9 Å². The average Bonchev–Trinajstić information content (AvgIpc) is 2.92. The van der Waals surface area contributed by atoms with Crippen molar-refractivity contribution in [1.82, 2.24) is 19.5 Å². The normalized spacial score (nSPS) is 10.4. The van der Waals surface area contributed by atoms with Crippen LogP contribution in [0.1, 0.15) is 5.82 Å². The van der Waals surface area contributed by atoms with Crippen LogP contribution in [0.15, 0.2) is 24.8 Å². The number of rotatable bonds is 7. The van der Waals surface area contributed by atoms with Crippen molar-refractivity contribution in [2.45, 2.75) is 13.2 Å². The SMILES string of the molecule is CNc1cc(NCCn2ccnc2)nc(COC)n1. The third-order valence-corrected chi connectivity index (χ3v) is 2.54. The van der Waals surface area contributed by atoms with E-state index in [4.69, 9.17) is 4.74 Å². The number of imidazole rings is 1. The molecule has 102 valence electrons. The van der Waals surface area contributed by atoms with Crippen LogP contribution in [0.2, 0.25) is 0 Å². The first kappa shape index (κ1) is 13.3. The van der Waals surface area contributed by atoms with Crippen molar-refractivity contribution < 1.29 is 4.74 Å². The van der Waals surface area contributed by atoms with Gasteiger partial charge in [-0.1, -0.05) is 0 Å². The molecular weight excluding hydrogens is 244 g/mol. The first-order valence-corrected chi connectivity index (χ1v) is 6.06. The van der Waals surface area contributed by atoms with Crippen LogP contribution in [0.25, 0.3) is 0 Å². The first-order chi connectivity index (χ1) is 9.31. The molecule has 2 aromatic rings. The van der Waals surface area contributed by atoms with Gasteiger partial charge in [-0.05, 0) is 0 Å². The summed E-state index contributed by atoms with van der Waals surface area (Å²) in [5.74, 6) is 2.21. The predicted octanol–water partition coefficient (Wildman–Crippen LogP) is 0.973. The number of anilines is 2. The van der Waals surface area contributed by atoms with Gasteiger partial charge in [0.05, 0.1) is 6.33 Å². The van der Waals surface area contributed by atoms with Crippen molar-refractivity contribution in [3.8, 4) is 0 Å². The summed E-state index contributed by atoms with van der Waals surface area (Å²) < 4.78 is 7.06. The second kappa shape index (κ2) is 6.69. The van der Waals surface area contributed by atoms with Crippen LogP contribution in [0.4, 0.5) is 11.6 Å². The van der Waals surface area contributed by atoms with Crippen molar-refractivity contribution in [3.63, 3.8) is 0 Å². The van der Waals surface area contributed by atoms with Crippen molar-refractivity contribution >= 4 is 11.6 Å². The number of nitrogens with zero attached hydrogens (tertiary/aromatic N) is 4. The summed E-state index contributed by atoms with van der Waals surface area (Å²) in [6, 6.07) is 1.87. The van der Waals surface area contributed by atoms with E-state index in [2.05, 4.69) is 25.6 Å². The molecular formula is C12H18N6O. The molecule has 0 bridgehead atoms. The number of ether oxygens (including phenoxy) is 1. The molecule has 0 aliphatic heterocycles. The molecule has 0 amide bonds. The smallest absolute Gasteiger partial charge is 0.158 e. The molecule has 2 aromatic heterocycles. The highest BCUT2D eigenvalue weighted by Gasteiger charge is 2.03. The molecule has 2 N–H and O–H groups in total. The van der Waals surface area contributed by atoms with Crippen LogP contribution < -0.4 is 10.6 Å². The van der Waals surface area contributed by atoms with Gasteiger partial charge in [-0.2, -0.15) is 0 Å². The Balaban J connectivity index is 1.96. The second-order valence-corrected chi connectivity index (χ2v) is 3.96. The number of methoxy groups -OCH3 is 1. The van der Waals surface area contributed by atoms with Crippen molar-refractivity contribution in [1.29, 1.82) is 0 Å². The number of aromatic nitrogens is 4. The number of hydrogen-bond acceptors (Lipinski definition) is 6. The minimum atomic E-state index is 0.395. The summed E-state index contributed by atoms with van der Waals surface area (Å²) in [7, 11) is 3.45. The van der Waals surface area contributed by atoms with Crippen molar-refractivity contribution in [2.75, 3.05) is 31.3 Å². The minimum Gasteiger partial charge on any atom is -0.377 e. The fourth-order valence-electron chi connectivity index (χ4n) is 1.64. The van der Waals surface area contributed by atoms with Crippen molar-refractivity contribution in [3.05, 3.63) is 30.6 Å². The van der Waals surface area contributed by atoms with E-state index in [1.807, 2.05) is 23.9 Å². The molecule has 0 aliphatic carbocycles. The van der Waals surface area contributed by atoms with Gasteiger partial charge in [-0.15, -0.1) is 0 Å². The Bertz CT molecular complexity index is 499. The maximum atomic E-state index is 5.05. The summed E-state index contributed by atoms with van der Waals surface area (Å²) in [5, 5.41) is 6.27. The Morgan fingerprint density at radius 3 is 2.84 bits per heavy atom. The second-order valence-electron chi connectivity index (χ2n) is 3.96.